The number of nitrogens with two attached hydrogens (primary N) is 1. The highest BCUT2D eigenvalue weighted by molar-refractivity contribution is 9.10. The lowest BCUT2D eigenvalue weighted by molar-refractivity contribution is 0.185. The molecule has 0 atom stereocenters. The van der Waals surface area contributed by atoms with Crippen molar-refractivity contribution in [1.29, 1.82) is 0 Å². The fourth-order valence-corrected chi connectivity index (χ4v) is 2.01. The van der Waals surface area contributed by atoms with Crippen LogP contribution in [0.3, 0.4) is 0 Å². The summed E-state index contributed by atoms with van der Waals surface area (Å²) in [6.45, 7) is 0.487. The van der Waals surface area contributed by atoms with Crippen LogP contribution in [0.15, 0.2) is 21.1 Å². The first kappa shape index (κ1) is 13.1. The molecule has 1 aromatic carbocycles. The Morgan fingerprint density at radius 3 is 2.89 bits per heavy atom. The number of methoxy groups -OCH3 is 1. The van der Waals surface area contributed by atoms with E-state index < -0.39 is 5.82 Å². The van der Waals surface area contributed by atoms with E-state index in [2.05, 4.69) is 26.1 Å². The van der Waals surface area contributed by atoms with Crippen LogP contribution in [0.25, 0.3) is 11.4 Å². The topological polar surface area (TPSA) is 74.2 Å². The van der Waals surface area contributed by atoms with Crippen LogP contribution in [0.2, 0.25) is 0 Å². The number of nitrogens with zero attached hydrogens (tertiary/aromatic N) is 2. The van der Waals surface area contributed by atoms with Crippen LogP contribution < -0.4 is 5.73 Å². The van der Waals surface area contributed by atoms with Gasteiger partial charge in [0, 0.05) is 7.11 Å². The molecule has 7 heteroatoms. The second-order valence-electron chi connectivity index (χ2n) is 3.59. The number of halogens is 2. The van der Waals surface area contributed by atoms with Crippen LogP contribution in [0.5, 0.6) is 0 Å². The Hall–Kier alpha value is -1.31. The third kappa shape index (κ3) is 2.58. The average Bonchev–Trinajstić information content (AvgIpc) is 2.82. The smallest absolute Gasteiger partial charge is 0.240 e. The molecule has 0 unspecified atom stereocenters. The van der Waals surface area contributed by atoms with Crippen molar-refractivity contribution in [3.05, 3.63) is 33.9 Å². The molecular formula is C11H11BrFN3O2. The van der Waals surface area contributed by atoms with E-state index in [4.69, 9.17) is 15.0 Å². The minimum Gasteiger partial charge on any atom is -0.380 e. The molecule has 1 aromatic heterocycles. The largest absolute Gasteiger partial charge is 0.380 e. The van der Waals surface area contributed by atoms with Crippen LogP contribution in [-0.4, -0.2) is 17.3 Å². The standard InChI is InChI=1S/C11H11BrFN3O2/c1-17-5-6-2-7(10(13)8(12)3-6)11-15-9(4-14)18-16-11/h2-3H,4-5,14H2,1H3. The molecular weight excluding hydrogens is 305 g/mol. The summed E-state index contributed by atoms with van der Waals surface area (Å²) in [5, 5.41) is 3.69. The van der Waals surface area contributed by atoms with Gasteiger partial charge in [-0.3, -0.25) is 0 Å². The molecule has 0 bridgehead atoms. The Bertz CT molecular complexity index is 559. The van der Waals surface area contributed by atoms with Gasteiger partial charge in [-0.25, -0.2) is 4.39 Å². The maximum Gasteiger partial charge on any atom is 0.240 e. The van der Waals surface area contributed by atoms with E-state index in [9.17, 15) is 4.39 Å². The second-order valence-corrected chi connectivity index (χ2v) is 4.44. The SMILES string of the molecule is COCc1cc(Br)c(F)c(-c2noc(CN)n2)c1. The first-order chi connectivity index (χ1) is 8.65. The van der Waals surface area contributed by atoms with Crippen molar-refractivity contribution in [3.63, 3.8) is 0 Å². The van der Waals surface area contributed by atoms with Crippen molar-refractivity contribution >= 4 is 15.9 Å². The molecule has 0 amide bonds. The fourth-order valence-electron chi connectivity index (χ4n) is 1.51. The van der Waals surface area contributed by atoms with Crippen LogP contribution >= 0.6 is 15.9 Å². The number of ether oxygens (including phenoxy) is 1. The maximum absolute atomic E-state index is 14.0. The van der Waals surface area contributed by atoms with Crippen LogP contribution in [0.1, 0.15) is 11.5 Å². The molecule has 2 N–H and O–H groups in total. The monoisotopic (exact) mass is 315 g/mol. The Kier molecular flexibility index (Phi) is 4.05. The van der Waals surface area contributed by atoms with Crippen molar-refractivity contribution < 1.29 is 13.7 Å². The van der Waals surface area contributed by atoms with Gasteiger partial charge in [-0.2, -0.15) is 4.98 Å². The molecule has 0 aliphatic rings. The highest BCUT2D eigenvalue weighted by Crippen LogP contribution is 2.28. The summed E-state index contributed by atoms with van der Waals surface area (Å²) in [5.41, 5.74) is 6.42. The molecule has 2 aromatic rings. The van der Waals surface area contributed by atoms with E-state index in [1.54, 1.807) is 19.2 Å². The third-order valence-electron chi connectivity index (χ3n) is 2.28. The molecule has 18 heavy (non-hydrogen) atoms. The lowest BCUT2D eigenvalue weighted by Gasteiger charge is -2.05. The molecule has 0 aliphatic carbocycles. The Labute approximate surface area is 111 Å². The predicted octanol–water partition coefficient (Wildman–Crippen LogP) is 2.24. The minimum absolute atomic E-state index is 0.119. The zero-order valence-electron chi connectivity index (χ0n) is 9.61. The fraction of sp³-hybridized carbons (Fsp3) is 0.273. The van der Waals surface area contributed by atoms with Gasteiger partial charge in [0.05, 0.1) is 23.2 Å². The van der Waals surface area contributed by atoms with E-state index >= 15 is 0 Å². The Balaban J connectivity index is 2.48. The number of benzene rings is 1. The lowest BCUT2D eigenvalue weighted by atomic mass is 10.1. The van der Waals surface area contributed by atoms with Crippen LogP contribution in [-0.2, 0) is 17.9 Å². The molecule has 5 nitrogen and oxygen atoms in total. The Morgan fingerprint density at radius 2 is 2.28 bits per heavy atom. The summed E-state index contributed by atoms with van der Waals surface area (Å²) in [4.78, 5) is 4.00. The van der Waals surface area contributed by atoms with Crippen LogP contribution in [0, 0.1) is 5.82 Å². The van der Waals surface area contributed by atoms with Gasteiger partial charge in [0.1, 0.15) is 5.82 Å². The molecule has 0 saturated carbocycles. The van der Waals surface area contributed by atoms with Gasteiger partial charge in [0.15, 0.2) is 0 Å². The second kappa shape index (κ2) is 5.55. The number of hydrogen-bond donors (Lipinski definition) is 1. The maximum atomic E-state index is 14.0. The number of rotatable bonds is 4. The van der Waals surface area contributed by atoms with Crippen molar-refractivity contribution in [2.24, 2.45) is 5.73 Å². The molecule has 96 valence electrons. The van der Waals surface area contributed by atoms with Gasteiger partial charge in [0.25, 0.3) is 0 Å². The molecule has 2 rings (SSSR count). The summed E-state index contributed by atoms with van der Waals surface area (Å²) in [5.74, 6) is -0.0107. The molecule has 0 fully saturated rings. The first-order valence-corrected chi connectivity index (χ1v) is 5.95. The molecule has 1 heterocycles. The number of hydrogen-bond acceptors (Lipinski definition) is 5. The van der Waals surface area contributed by atoms with E-state index in [1.807, 2.05) is 0 Å². The summed E-state index contributed by atoms with van der Waals surface area (Å²) >= 11 is 3.15. The van der Waals surface area contributed by atoms with E-state index in [-0.39, 0.29) is 23.8 Å². The molecule has 0 radical (unpaired) electrons. The van der Waals surface area contributed by atoms with Gasteiger partial charge in [-0.15, -0.1) is 0 Å². The predicted molar refractivity (Wildman–Crippen MR) is 66.0 cm³/mol. The summed E-state index contributed by atoms with van der Waals surface area (Å²) < 4.78 is 24.2. The number of aromatic nitrogens is 2. The highest BCUT2D eigenvalue weighted by atomic mass is 79.9. The van der Waals surface area contributed by atoms with Crippen molar-refractivity contribution in [2.75, 3.05) is 7.11 Å². The van der Waals surface area contributed by atoms with E-state index in [0.717, 1.165) is 5.56 Å². The molecule has 0 saturated heterocycles. The normalized spacial score (nSPS) is 10.9. The first-order valence-electron chi connectivity index (χ1n) is 5.15. The average molecular weight is 316 g/mol. The van der Waals surface area contributed by atoms with Gasteiger partial charge in [-0.05, 0) is 33.6 Å². The summed E-state index contributed by atoms with van der Waals surface area (Å²) in [7, 11) is 1.57. The van der Waals surface area contributed by atoms with Crippen LogP contribution in [0.4, 0.5) is 4.39 Å². The minimum atomic E-state index is -0.445. The van der Waals surface area contributed by atoms with Crippen molar-refractivity contribution in [3.8, 4) is 11.4 Å². The lowest BCUT2D eigenvalue weighted by Crippen LogP contribution is -1.97. The third-order valence-corrected chi connectivity index (χ3v) is 2.86. The van der Waals surface area contributed by atoms with Crippen molar-refractivity contribution in [1.82, 2.24) is 10.1 Å². The zero-order chi connectivity index (χ0) is 13.1. The summed E-state index contributed by atoms with van der Waals surface area (Å²) in [6.07, 6.45) is 0. The zero-order valence-corrected chi connectivity index (χ0v) is 11.2. The Morgan fingerprint density at radius 1 is 1.50 bits per heavy atom. The van der Waals surface area contributed by atoms with Gasteiger partial charge in [0.2, 0.25) is 11.7 Å². The van der Waals surface area contributed by atoms with E-state index in [0.29, 0.717) is 11.1 Å². The summed E-state index contributed by atoms with van der Waals surface area (Å²) in [6, 6.07) is 3.26. The molecule has 0 aliphatic heterocycles. The molecule has 0 spiro atoms. The quantitative estimate of drug-likeness (QED) is 0.936. The van der Waals surface area contributed by atoms with Gasteiger partial charge >= 0.3 is 0 Å². The highest BCUT2D eigenvalue weighted by Gasteiger charge is 2.16. The van der Waals surface area contributed by atoms with E-state index in [1.165, 1.54) is 0 Å². The van der Waals surface area contributed by atoms with Crippen molar-refractivity contribution in [2.45, 2.75) is 13.2 Å². The van der Waals surface area contributed by atoms with Gasteiger partial charge < -0.3 is 15.0 Å². The van der Waals surface area contributed by atoms with Gasteiger partial charge in [-0.1, -0.05) is 5.16 Å².